The molecule has 3 aromatic rings. The molecular weight excluding hydrogens is 352 g/mol. The minimum Gasteiger partial charge on any atom is -0.463 e. The maximum atomic E-state index is 12.6. The molecule has 27 heavy (non-hydrogen) atoms. The van der Waals surface area contributed by atoms with Gasteiger partial charge in [-0.15, -0.1) is 0 Å². The summed E-state index contributed by atoms with van der Waals surface area (Å²) < 4.78 is 6.33. The number of aryl methyl sites for hydroxylation is 1. The zero-order valence-electron chi connectivity index (χ0n) is 14.6. The summed E-state index contributed by atoms with van der Waals surface area (Å²) in [6.07, 6.45) is 1.49. The van der Waals surface area contributed by atoms with Crippen LogP contribution in [0.4, 0.5) is 11.4 Å². The van der Waals surface area contributed by atoms with E-state index in [2.05, 4.69) is 10.4 Å². The van der Waals surface area contributed by atoms with Gasteiger partial charge in [-0.2, -0.15) is 5.10 Å². The third kappa shape index (κ3) is 3.76. The number of carbonyl (C=O) groups is 1. The van der Waals surface area contributed by atoms with Crippen molar-refractivity contribution in [2.75, 3.05) is 5.32 Å². The standard InChI is InChI=1S/C18H16N4O5/c1-11-10-13(22(25)26)5-6-14(11)19-18(24)12(2)21-17(23)8-7-15(20-21)16-4-3-9-27-16/h3-10,12H,1-2H3,(H,19,24). The molecule has 138 valence electrons. The highest BCUT2D eigenvalue weighted by atomic mass is 16.6. The molecule has 9 nitrogen and oxygen atoms in total. The Labute approximate surface area is 153 Å². The summed E-state index contributed by atoms with van der Waals surface area (Å²) >= 11 is 0. The fourth-order valence-corrected chi connectivity index (χ4v) is 2.51. The lowest BCUT2D eigenvalue weighted by Crippen LogP contribution is -2.33. The number of non-ortho nitro benzene ring substituents is 1. The van der Waals surface area contributed by atoms with Crippen LogP contribution in [0.25, 0.3) is 11.5 Å². The number of furan rings is 1. The van der Waals surface area contributed by atoms with Gasteiger partial charge in [0.2, 0.25) is 5.91 Å². The first-order valence-corrected chi connectivity index (χ1v) is 8.06. The van der Waals surface area contributed by atoms with Crippen LogP contribution in [0.3, 0.4) is 0 Å². The fourth-order valence-electron chi connectivity index (χ4n) is 2.51. The van der Waals surface area contributed by atoms with Crippen molar-refractivity contribution in [2.24, 2.45) is 0 Å². The third-order valence-electron chi connectivity index (χ3n) is 4.02. The van der Waals surface area contributed by atoms with E-state index in [1.54, 1.807) is 19.1 Å². The normalized spacial score (nSPS) is 11.8. The number of rotatable bonds is 5. The summed E-state index contributed by atoms with van der Waals surface area (Å²) in [5, 5.41) is 17.7. The Kier molecular flexibility index (Phi) is 4.84. The van der Waals surface area contributed by atoms with E-state index < -0.39 is 22.4 Å². The Bertz CT molecular complexity index is 1060. The number of aromatic nitrogens is 2. The zero-order chi connectivity index (χ0) is 19.6. The van der Waals surface area contributed by atoms with E-state index in [-0.39, 0.29) is 5.69 Å². The minimum atomic E-state index is -0.901. The van der Waals surface area contributed by atoms with Crippen LogP contribution in [0.15, 0.2) is 57.9 Å². The first-order chi connectivity index (χ1) is 12.9. The number of nitro benzene ring substituents is 1. The molecule has 0 saturated carbocycles. The molecule has 0 spiro atoms. The van der Waals surface area contributed by atoms with Crippen LogP contribution in [0.5, 0.6) is 0 Å². The van der Waals surface area contributed by atoms with Gasteiger partial charge < -0.3 is 9.73 Å². The molecular formula is C18H16N4O5. The van der Waals surface area contributed by atoms with Crippen molar-refractivity contribution in [2.45, 2.75) is 19.9 Å². The second kappa shape index (κ2) is 7.24. The Morgan fingerprint density at radius 2 is 2.07 bits per heavy atom. The van der Waals surface area contributed by atoms with Gasteiger partial charge in [0.15, 0.2) is 5.76 Å². The zero-order valence-corrected chi connectivity index (χ0v) is 14.6. The second-order valence-corrected chi connectivity index (χ2v) is 5.90. The van der Waals surface area contributed by atoms with Crippen molar-refractivity contribution in [3.8, 4) is 11.5 Å². The van der Waals surface area contributed by atoms with Gasteiger partial charge in [-0.05, 0) is 43.7 Å². The molecule has 0 aliphatic rings. The summed E-state index contributed by atoms with van der Waals surface area (Å²) in [4.78, 5) is 35.0. The lowest BCUT2D eigenvalue weighted by atomic mass is 10.1. The Hall–Kier alpha value is -3.75. The number of nitrogens with one attached hydrogen (secondary N) is 1. The lowest BCUT2D eigenvalue weighted by molar-refractivity contribution is -0.384. The van der Waals surface area contributed by atoms with Crippen LogP contribution in [0.2, 0.25) is 0 Å². The quantitative estimate of drug-likeness (QED) is 0.546. The van der Waals surface area contributed by atoms with Crippen LogP contribution in [-0.4, -0.2) is 20.6 Å². The van der Waals surface area contributed by atoms with Crippen LogP contribution >= 0.6 is 0 Å². The van der Waals surface area contributed by atoms with Gasteiger partial charge in [0.05, 0.1) is 11.2 Å². The number of amides is 1. The van der Waals surface area contributed by atoms with E-state index in [0.29, 0.717) is 22.7 Å². The highest BCUT2D eigenvalue weighted by molar-refractivity contribution is 5.94. The Morgan fingerprint density at radius 3 is 2.70 bits per heavy atom. The molecule has 1 N–H and O–H groups in total. The van der Waals surface area contributed by atoms with Gasteiger partial charge in [0.1, 0.15) is 11.7 Å². The van der Waals surface area contributed by atoms with E-state index in [1.807, 2.05) is 0 Å². The van der Waals surface area contributed by atoms with Crippen molar-refractivity contribution in [1.29, 1.82) is 0 Å². The molecule has 1 aromatic carbocycles. The highest BCUT2D eigenvalue weighted by Gasteiger charge is 2.20. The molecule has 1 amide bonds. The number of carbonyl (C=O) groups excluding carboxylic acids is 1. The number of anilines is 1. The summed E-state index contributed by atoms with van der Waals surface area (Å²) in [5.41, 5.74) is 0.879. The molecule has 0 aliphatic heterocycles. The largest absolute Gasteiger partial charge is 0.463 e. The molecule has 1 atom stereocenters. The summed E-state index contributed by atoms with van der Waals surface area (Å²) in [6.45, 7) is 3.19. The maximum Gasteiger partial charge on any atom is 0.269 e. The van der Waals surface area contributed by atoms with Crippen molar-refractivity contribution >= 4 is 17.3 Å². The molecule has 0 radical (unpaired) electrons. The molecule has 0 aliphatic carbocycles. The van der Waals surface area contributed by atoms with E-state index in [9.17, 15) is 19.7 Å². The molecule has 2 heterocycles. The average Bonchev–Trinajstić information content (AvgIpc) is 3.17. The number of nitrogens with zero attached hydrogens (tertiary/aromatic N) is 3. The molecule has 0 bridgehead atoms. The van der Waals surface area contributed by atoms with Gasteiger partial charge >= 0.3 is 0 Å². The van der Waals surface area contributed by atoms with Crippen molar-refractivity contribution in [3.05, 3.63) is 74.8 Å². The van der Waals surface area contributed by atoms with Gasteiger partial charge in [0, 0.05) is 23.9 Å². The van der Waals surface area contributed by atoms with E-state index >= 15 is 0 Å². The van der Waals surface area contributed by atoms with Gasteiger partial charge in [-0.3, -0.25) is 19.7 Å². The van der Waals surface area contributed by atoms with E-state index in [0.717, 1.165) is 4.68 Å². The Balaban J connectivity index is 1.85. The van der Waals surface area contributed by atoms with E-state index in [1.165, 1.54) is 43.5 Å². The molecule has 2 aromatic heterocycles. The SMILES string of the molecule is Cc1cc([N+](=O)[O-])ccc1NC(=O)C(C)n1nc(-c2ccco2)ccc1=O. The minimum absolute atomic E-state index is 0.0671. The topological polar surface area (TPSA) is 120 Å². The Morgan fingerprint density at radius 1 is 1.30 bits per heavy atom. The predicted octanol–water partition coefficient (Wildman–Crippen LogP) is 2.92. The third-order valence-corrected chi connectivity index (χ3v) is 4.02. The van der Waals surface area contributed by atoms with Crippen molar-refractivity contribution in [1.82, 2.24) is 9.78 Å². The second-order valence-electron chi connectivity index (χ2n) is 5.90. The van der Waals surface area contributed by atoms with Crippen LogP contribution < -0.4 is 10.9 Å². The number of hydrogen-bond donors (Lipinski definition) is 1. The van der Waals surface area contributed by atoms with Crippen molar-refractivity contribution < 1.29 is 14.1 Å². The van der Waals surface area contributed by atoms with Crippen molar-refractivity contribution in [3.63, 3.8) is 0 Å². The van der Waals surface area contributed by atoms with Crippen LogP contribution in [0, 0.1) is 17.0 Å². The lowest BCUT2D eigenvalue weighted by Gasteiger charge is -2.15. The first kappa shape index (κ1) is 18.1. The number of nitro groups is 1. The van der Waals surface area contributed by atoms with Gasteiger partial charge in [0.25, 0.3) is 11.2 Å². The number of hydrogen-bond acceptors (Lipinski definition) is 6. The summed E-state index contributed by atoms with van der Waals surface area (Å²) in [6, 6.07) is 9.43. The molecule has 9 heteroatoms. The fraction of sp³-hybridized carbons (Fsp3) is 0.167. The van der Waals surface area contributed by atoms with Gasteiger partial charge in [-0.1, -0.05) is 0 Å². The number of benzene rings is 1. The molecule has 1 unspecified atom stereocenters. The predicted molar refractivity (Wildman–Crippen MR) is 97.4 cm³/mol. The summed E-state index contributed by atoms with van der Waals surface area (Å²) in [7, 11) is 0. The van der Waals surface area contributed by atoms with Crippen LogP contribution in [-0.2, 0) is 4.79 Å². The average molecular weight is 368 g/mol. The molecule has 0 fully saturated rings. The summed E-state index contributed by atoms with van der Waals surface area (Å²) in [5.74, 6) is 0.000666. The van der Waals surface area contributed by atoms with Crippen LogP contribution in [0.1, 0.15) is 18.5 Å². The first-order valence-electron chi connectivity index (χ1n) is 8.06. The maximum absolute atomic E-state index is 12.6. The van der Waals surface area contributed by atoms with E-state index in [4.69, 9.17) is 4.42 Å². The smallest absolute Gasteiger partial charge is 0.269 e. The molecule has 3 rings (SSSR count). The monoisotopic (exact) mass is 368 g/mol. The highest BCUT2D eigenvalue weighted by Crippen LogP contribution is 2.22. The van der Waals surface area contributed by atoms with Gasteiger partial charge in [-0.25, -0.2) is 4.68 Å². The molecule has 0 saturated heterocycles.